The van der Waals surface area contributed by atoms with E-state index in [-0.39, 0.29) is 11.1 Å². The lowest BCUT2D eigenvalue weighted by atomic mass is 10.1. The average Bonchev–Trinajstić information content (AvgIpc) is 2.59. The van der Waals surface area contributed by atoms with Gasteiger partial charge >= 0.3 is 7.98 Å². The summed E-state index contributed by atoms with van der Waals surface area (Å²) in [6, 6.07) is 6.89. The summed E-state index contributed by atoms with van der Waals surface area (Å²) in [5, 5.41) is 0.0559. The molecule has 0 amide bonds. The first kappa shape index (κ1) is 22.5. The van der Waals surface area contributed by atoms with Crippen molar-refractivity contribution in [2.24, 2.45) is 0 Å². The van der Waals surface area contributed by atoms with E-state index < -0.39 is 25.1 Å². The first-order chi connectivity index (χ1) is 12.4. The molecule has 0 aromatic heterocycles. The minimum Gasteiger partial charge on any atom is -0.378 e. The van der Waals surface area contributed by atoms with Crippen LogP contribution in [-0.4, -0.2) is 52.9 Å². The highest BCUT2D eigenvalue weighted by Crippen LogP contribution is 2.49. The van der Waals surface area contributed by atoms with Crippen LogP contribution in [0.4, 0.5) is 0 Å². The van der Waals surface area contributed by atoms with Crippen molar-refractivity contribution >= 4 is 31.4 Å². The molecule has 2 rings (SSSR count). The van der Waals surface area contributed by atoms with Gasteiger partial charge in [0.25, 0.3) is 0 Å². The van der Waals surface area contributed by atoms with Crippen molar-refractivity contribution in [3.8, 4) is 0 Å². The Labute approximate surface area is 167 Å². The summed E-state index contributed by atoms with van der Waals surface area (Å²) in [5.74, 6) is 0. The van der Waals surface area contributed by atoms with E-state index in [4.69, 9.17) is 4.43 Å². The second-order valence-corrected chi connectivity index (χ2v) is 20.4. The zero-order valence-corrected chi connectivity index (χ0v) is 20.1. The largest absolute Gasteiger partial charge is 0.430 e. The van der Waals surface area contributed by atoms with E-state index in [1.165, 1.54) is 0 Å². The van der Waals surface area contributed by atoms with E-state index in [1.807, 2.05) is 25.1 Å². The Kier molecular flexibility index (Phi) is 6.92. The molecule has 150 valence electrons. The normalized spacial score (nSPS) is 21.7. The Balaban J connectivity index is 2.26. The molecule has 7 heteroatoms. The molecule has 1 heterocycles. The van der Waals surface area contributed by atoms with Crippen LogP contribution in [-0.2, 0) is 14.4 Å². The standard InChI is InChI=1S/C20H33NO3PSSi/c1-17-11-13-19(14-12-17)26(22,23)21-15-9-8-10-18(21)16-24-27(7,25(5)6)20(2,3)4/h8-9,11-14,18H,5,10,15-16H2,1-4,6-7H3/q+1. The third kappa shape index (κ3) is 4.80. The van der Waals surface area contributed by atoms with Crippen LogP contribution in [0.15, 0.2) is 41.3 Å². The van der Waals surface area contributed by atoms with Gasteiger partial charge in [0.05, 0.1) is 37.6 Å². The molecule has 27 heavy (non-hydrogen) atoms. The van der Waals surface area contributed by atoms with E-state index in [9.17, 15) is 8.42 Å². The summed E-state index contributed by atoms with van der Waals surface area (Å²) in [5.41, 5.74) is 1.05. The summed E-state index contributed by atoms with van der Waals surface area (Å²) in [6.07, 6.45) is 8.99. The molecule has 3 unspecified atom stereocenters. The van der Waals surface area contributed by atoms with Crippen LogP contribution in [0.25, 0.3) is 0 Å². The van der Waals surface area contributed by atoms with Gasteiger partial charge in [-0.1, -0.05) is 50.6 Å². The van der Waals surface area contributed by atoms with Gasteiger partial charge in [-0.25, -0.2) is 8.42 Å². The van der Waals surface area contributed by atoms with E-state index in [1.54, 1.807) is 16.4 Å². The van der Waals surface area contributed by atoms with Crippen molar-refractivity contribution < 1.29 is 12.8 Å². The smallest absolute Gasteiger partial charge is 0.378 e. The molecule has 0 fully saturated rings. The van der Waals surface area contributed by atoms with Crippen molar-refractivity contribution in [3.05, 3.63) is 42.0 Å². The molecule has 4 nitrogen and oxygen atoms in total. The maximum Gasteiger partial charge on any atom is 0.430 e. The highest BCUT2D eigenvalue weighted by molar-refractivity contribution is 7.91. The van der Waals surface area contributed by atoms with Crippen molar-refractivity contribution in [1.29, 1.82) is 0 Å². The molecule has 0 spiro atoms. The molecule has 1 aliphatic heterocycles. The number of sulfonamides is 1. The zero-order valence-electron chi connectivity index (χ0n) is 17.4. The Morgan fingerprint density at radius 2 is 1.85 bits per heavy atom. The van der Waals surface area contributed by atoms with E-state index >= 15 is 0 Å². The minimum absolute atomic E-state index is 0.0559. The Morgan fingerprint density at radius 3 is 2.37 bits per heavy atom. The topological polar surface area (TPSA) is 46.6 Å². The molecular formula is C20H33NO3PSSi+. The van der Waals surface area contributed by atoms with Crippen LogP contribution in [0.2, 0.25) is 11.6 Å². The average molecular weight is 427 g/mol. The number of aryl methyl sites for hydroxylation is 1. The van der Waals surface area contributed by atoms with Gasteiger partial charge < -0.3 is 4.43 Å². The van der Waals surface area contributed by atoms with Gasteiger partial charge in [-0.2, -0.15) is 4.31 Å². The van der Waals surface area contributed by atoms with Gasteiger partial charge in [-0.15, -0.1) is 0 Å². The molecule has 0 radical (unpaired) electrons. The van der Waals surface area contributed by atoms with E-state index in [0.29, 0.717) is 24.5 Å². The summed E-state index contributed by atoms with van der Waals surface area (Å²) in [4.78, 5) is 0.346. The number of benzene rings is 1. The van der Waals surface area contributed by atoms with Gasteiger partial charge in [0.2, 0.25) is 10.0 Å². The highest BCUT2D eigenvalue weighted by Gasteiger charge is 2.54. The molecule has 1 aromatic rings. The Hall–Kier alpha value is -0.783. The molecule has 0 saturated heterocycles. The third-order valence-corrected chi connectivity index (χ3v) is 19.2. The van der Waals surface area contributed by atoms with Crippen molar-refractivity contribution in [3.63, 3.8) is 0 Å². The van der Waals surface area contributed by atoms with Crippen LogP contribution in [0.1, 0.15) is 32.8 Å². The maximum absolute atomic E-state index is 13.2. The summed E-state index contributed by atoms with van der Waals surface area (Å²) < 4.78 is 34.5. The monoisotopic (exact) mass is 426 g/mol. The summed E-state index contributed by atoms with van der Waals surface area (Å²) >= 11 is 0. The van der Waals surface area contributed by atoms with Gasteiger partial charge in [0, 0.05) is 11.6 Å². The molecule has 0 bridgehead atoms. The first-order valence-corrected chi connectivity index (χ1v) is 16.0. The maximum atomic E-state index is 13.2. The van der Waals surface area contributed by atoms with E-state index in [2.05, 4.69) is 46.4 Å². The SMILES string of the molecule is C=[P+](C)[Si](C)(OCC1CC=CCN1S(=O)(=O)c1ccc(C)cc1)C(C)(C)C. The number of nitrogens with zero attached hydrogens (tertiary/aromatic N) is 1. The minimum atomic E-state index is -3.54. The third-order valence-electron chi connectivity index (χ3n) is 5.57. The van der Waals surface area contributed by atoms with Gasteiger partial charge in [0.15, 0.2) is 0 Å². The lowest BCUT2D eigenvalue weighted by molar-refractivity contribution is 0.199. The number of hydrogen-bond donors (Lipinski definition) is 0. The quantitative estimate of drug-likeness (QED) is 0.375. The molecule has 0 saturated carbocycles. The lowest BCUT2D eigenvalue weighted by Crippen LogP contribution is -2.48. The van der Waals surface area contributed by atoms with E-state index in [0.717, 1.165) is 5.56 Å². The molecule has 0 aliphatic carbocycles. The van der Waals surface area contributed by atoms with Gasteiger partial charge in [0.1, 0.15) is 0 Å². The fourth-order valence-electron chi connectivity index (χ4n) is 3.15. The predicted octanol–water partition coefficient (Wildman–Crippen LogP) is 4.75. The van der Waals surface area contributed by atoms with Crippen LogP contribution in [0.3, 0.4) is 0 Å². The predicted molar refractivity (Wildman–Crippen MR) is 120 cm³/mol. The van der Waals surface area contributed by atoms with Crippen LogP contribution >= 0.6 is 7.09 Å². The Morgan fingerprint density at radius 1 is 1.26 bits per heavy atom. The highest BCUT2D eigenvalue weighted by atomic mass is 32.2. The van der Waals surface area contributed by atoms with Crippen molar-refractivity contribution in [2.75, 3.05) is 19.8 Å². The fraction of sp³-hybridized carbons (Fsp3) is 0.550. The Bertz CT molecular complexity index is 815. The number of hydrogen-bond acceptors (Lipinski definition) is 3. The lowest BCUT2D eigenvalue weighted by Gasteiger charge is -2.36. The second-order valence-electron chi connectivity index (χ2n) is 8.49. The molecular weight excluding hydrogens is 393 g/mol. The summed E-state index contributed by atoms with van der Waals surface area (Å²) in [6.45, 7) is 13.8. The molecule has 0 N–H and O–H groups in total. The van der Waals surface area contributed by atoms with Crippen LogP contribution < -0.4 is 0 Å². The van der Waals surface area contributed by atoms with Gasteiger partial charge in [-0.05, 0) is 32.0 Å². The second kappa shape index (κ2) is 8.30. The molecule has 1 aromatic carbocycles. The molecule has 1 aliphatic rings. The van der Waals surface area contributed by atoms with Crippen LogP contribution in [0, 0.1) is 6.92 Å². The first-order valence-electron chi connectivity index (χ1n) is 9.31. The van der Waals surface area contributed by atoms with Crippen molar-refractivity contribution in [1.82, 2.24) is 4.31 Å². The summed E-state index contributed by atoms with van der Waals surface area (Å²) in [7, 11) is -6.09. The van der Waals surface area contributed by atoms with Gasteiger partial charge in [-0.3, -0.25) is 0 Å². The van der Waals surface area contributed by atoms with Crippen LogP contribution in [0.5, 0.6) is 0 Å². The van der Waals surface area contributed by atoms with Crippen molar-refractivity contribution in [2.45, 2.75) is 56.6 Å². The fourth-order valence-corrected chi connectivity index (χ4v) is 11.4. The number of rotatable bonds is 6. The zero-order chi connectivity index (χ0) is 20.5. The molecule has 3 atom stereocenters.